The number of hydrogen-bond donors (Lipinski definition) is 1. The van der Waals surface area contributed by atoms with E-state index in [0.717, 1.165) is 50.5 Å². The van der Waals surface area contributed by atoms with Crippen molar-refractivity contribution >= 4 is 0 Å². The molecule has 0 radical (unpaired) electrons. The summed E-state index contributed by atoms with van der Waals surface area (Å²) in [4.78, 5) is 4.49. The summed E-state index contributed by atoms with van der Waals surface area (Å²) >= 11 is 0. The number of aliphatic hydroxyl groups is 1. The first-order chi connectivity index (χ1) is 11.1. The zero-order chi connectivity index (χ0) is 16.3. The zero-order valence-electron chi connectivity index (χ0n) is 14.2. The molecule has 1 fully saturated rings. The molecule has 23 heavy (non-hydrogen) atoms. The molecule has 0 unspecified atom stereocenters. The van der Waals surface area contributed by atoms with Crippen LogP contribution in [-0.2, 0) is 0 Å². The standard InChI is InChI=1S/C18H28N2O3/c1-3-20(14-18(21)9-6-10-19(2)13-18)11-15-12-22-16-7-4-5-8-17(16)23-15/h4-5,7-8,15,21H,3,6,9-14H2,1-2H3/t15-,18+/m0/s1. The van der Waals surface area contributed by atoms with Gasteiger partial charge in [0, 0.05) is 19.6 Å². The van der Waals surface area contributed by atoms with Gasteiger partial charge in [-0.2, -0.15) is 0 Å². The molecule has 0 spiro atoms. The fourth-order valence-corrected chi connectivity index (χ4v) is 3.63. The summed E-state index contributed by atoms with van der Waals surface area (Å²) in [5.41, 5.74) is -0.615. The third-order valence-electron chi connectivity index (χ3n) is 4.74. The first kappa shape index (κ1) is 16.6. The molecule has 1 aromatic rings. The topological polar surface area (TPSA) is 45.2 Å². The maximum atomic E-state index is 10.9. The third kappa shape index (κ3) is 4.16. The highest BCUT2D eigenvalue weighted by Gasteiger charge is 2.34. The quantitative estimate of drug-likeness (QED) is 0.893. The Morgan fingerprint density at radius 3 is 2.87 bits per heavy atom. The average molecular weight is 320 g/mol. The second-order valence-corrected chi connectivity index (χ2v) is 6.89. The summed E-state index contributed by atoms with van der Waals surface area (Å²) < 4.78 is 11.8. The predicted octanol–water partition coefficient (Wildman–Crippen LogP) is 1.60. The second kappa shape index (κ2) is 7.07. The summed E-state index contributed by atoms with van der Waals surface area (Å²) in [7, 11) is 2.08. The summed E-state index contributed by atoms with van der Waals surface area (Å²) in [6, 6.07) is 7.80. The largest absolute Gasteiger partial charge is 0.486 e. The van der Waals surface area contributed by atoms with Crippen molar-refractivity contribution in [2.24, 2.45) is 0 Å². The Hall–Kier alpha value is -1.30. The van der Waals surface area contributed by atoms with Crippen molar-refractivity contribution in [2.45, 2.75) is 31.5 Å². The van der Waals surface area contributed by atoms with E-state index in [1.807, 2.05) is 24.3 Å². The number of piperidine rings is 1. The van der Waals surface area contributed by atoms with E-state index in [9.17, 15) is 5.11 Å². The smallest absolute Gasteiger partial charge is 0.161 e. The molecule has 2 aliphatic rings. The molecule has 1 aromatic carbocycles. The van der Waals surface area contributed by atoms with Gasteiger partial charge in [-0.1, -0.05) is 19.1 Å². The van der Waals surface area contributed by atoms with Crippen LogP contribution in [0.4, 0.5) is 0 Å². The van der Waals surface area contributed by atoms with Gasteiger partial charge in [-0.3, -0.25) is 4.90 Å². The number of β-amino-alcohol motifs (C(OH)–C–C–N with tert-alkyl or cyclic N) is 1. The van der Waals surface area contributed by atoms with Gasteiger partial charge in [-0.05, 0) is 45.1 Å². The molecule has 0 aromatic heterocycles. The highest BCUT2D eigenvalue weighted by atomic mass is 16.6. The van der Waals surface area contributed by atoms with Gasteiger partial charge in [0.2, 0.25) is 0 Å². The van der Waals surface area contributed by atoms with E-state index in [1.54, 1.807) is 0 Å². The van der Waals surface area contributed by atoms with Gasteiger partial charge in [0.15, 0.2) is 11.5 Å². The van der Waals surface area contributed by atoms with Crippen LogP contribution in [0, 0.1) is 0 Å². The Labute approximate surface area is 138 Å². The Balaban J connectivity index is 1.58. The van der Waals surface area contributed by atoms with Gasteiger partial charge in [0.25, 0.3) is 0 Å². The Kier molecular flexibility index (Phi) is 5.09. The maximum absolute atomic E-state index is 10.9. The fourth-order valence-electron chi connectivity index (χ4n) is 3.63. The monoisotopic (exact) mass is 320 g/mol. The van der Waals surface area contributed by atoms with Crippen LogP contribution in [0.15, 0.2) is 24.3 Å². The minimum Gasteiger partial charge on any atom is -0.486 e. The van der Waals surface area contributed by atoms with Crippen LogP contribution >= 0.6 is 0 Å². The molecule has 1 saturated heterocycles. The first-order valence-corrected chi connectivity index (χ1v) is 8.60. The van der Waals surface area contributed by atoms with Crippen LogP contribution in [0.25, 0.3) is 0 Å². The fraction of sp³-hybridized carbons (Fsp3) is 0.667. The number of likely N-dealkylation sites (N-methyl/N-ethyl adjacent to an activating group) is 2. The molecule has 0 bridgehead atoms. The zero-order valence-corrected chi connectivity index (χ0v) is 14.2. The number of rotatable bonds is 5. The molecule has 3 rings (SSSR count). The highest BCUT2D eigenvalue weighted by Crippen LogP contribution is 2.31. The minimum atomic E-state index is -0.615. The van der Waals surface area contributed by atoms with E-state index in [-0.39, 0.29) is 6.10 Å². The van der Waals surface area contributed by atoms with Crippen molar-refractivity contribution in [3.05, 3.63) is 24.3 Å². The maximum Gasteiger partial charge on any atom is 0.161 e. The summed E-state index contributed by atoms with van der Waals surface area (Å²) in [5.74, 6) is 1.63. The van der Waals surface area contributed by atoms with Crippen LogP contribution in [0.2, 0.25) is 0 Å². The van der Waals surface area contributed by atoms with Crippen molar-refractivity contribution < 1.29 is 14.6 Å². The van der Waals surface area contributed by atoms with Gasteiger partial charge in [0.1, 0.15) is 12.7 Å². The number of likely N-dealkylation sites (tertiary alicyclic amines) is 1. The van der Waals surface area contributed by atoms with Crippen molar-refractivity contribution in [1.82, 2.24) is 9.80 Å². The predicted molar refractivity (Wildman–Crippen MR) is 90.1 cm³/mol. The van der Waals surface area contributed by atoms with Crippen LogP contribution in [-0.4, -0.2) is 73.0 Å². The van der Waals surface area contributed by atoms with Gasteiger partial charge < -0.3 is 19.5 Å². The lowest BCUT2D eigenvalue weighted by Crippen LogP contribution is -2.55. The molecule has 128 valence electrons. The van der Waals surface area contributed by atoms with Gasteiger partial charge in [-0.25, -0.2) is 0 Å². The number of fused-ring (bicyclic) bond motifs is 1. The van der Waals surface area contributed by atoms with E-state index in [0.29, 0.717) is 13.2 Å². The molecular formula is C18H28N2O3. The summed E-state index contributed by atoms with van der Waals surface area (Å²) in [6.07, 6.45) is 1.94. The van der Waals surface area contributed by atoms with E-state index in [4.69, 9.17) is 9.47 Å². The Morgan fingerprint density at radius 1 is 1.35 bits per heavy atom. The Bertz CT molecular complexity index is 525. The molecule has 1 N–H and O–H groups in total. The van der Waals surface area contributed by atoms with E-state index in [2.05, 4.69) is 23.8 Å². The minimum absolute atomic E-state index is 0.00905. The number of ether oxygens (including phenoxy) is 2. The average Bonchev–Trinajstić information content (AvgIpc) is 2.53. The van der Waals surface area contributed by atoms with Crippen LogP contribution in [0.5, 0.6) is 11.5 Å². The molecule has 5 nitrogen and oxygen atoms in total. The summed E-state index contributed by atoms with van der Waals surface area (Å²) in [6.45, 7) is 6.87. The molecule has 0 amide bonds. The molecule has 0 saturated carbocycles. The number of para-hydroxylation sites is 2. The van der Waals surface area contributed by atoms with Crippen LogP contribution in [0.3, 0.4) is 0 Å². The first-order valence-electron chi connectivity index (χ1n) is 8.60. The van der Waals surface area contributed by atoms with Gasteiger partial charge in [0.05, 0.1) is 5.60 Å². The summed E-state index contributed by atoms with van der Waals surface area (Å²) in [5, 5.41) is 10.9. The lowest BCUT2D eigenvalue weighted by molar-refractivity contribution is -0.0540. The van der Waals surface area contributed by atoms with Crippen LogP contribution in [0.1, 0.15) is 19.8 Å². The molecule has 0 aliphatic carbocycles. The van der Waals surface area contributed by atoms with Crippen molar-refractivity contribution in [1.29, 1.82) is 0 Å². The number of hydrogen-bond acceptors (Lipinski definition) is 5. The lowest BCUT2D eigenvalue weighted by atomic mass is 9.92. The SMILES string of the molecule is CCN(C[C@H]1COc2ccccc2O1)C[C@@]1(O)CCCN(C)C1. The lowest BCUT2D eigenvalue weighted by Gasteiger charge is -2.41. The molecular weight excluding hydrogens is 292 g/mol. The van der Waals surface area contributed by atoms with Gasteiger partial charge in [-0.15, -0.1) is 0 Å². The van der Waals surface area contributed by atoms with Crippen molar-refractivity contribution in [2.75, 3.05) is 46.4 Å². The highest BCUT2D eigenvalue weighted by molar-refractivity contribution is 5.40. The van der Waals surface area contributed by atoms with Crippen molar-refractivity contribution in [3.8, 4) is 11.5 Å². The normalized spacial score (nSPS) is 28.1. The van der Waals surface area contributed by atoms with E-state index < -0.39 is 5.60 Å². The Morgan fingerprint density at radius 2 is 2.13 bits per heavy atom. The molecule has 2 aliphatic heterocycles. The van der Waals surface area contributed by atoms with Crippen LogP contribution < -0.4 is 9.47 Å². The molecule has 2 atom stereocenters. The van der Waals surface area contributed by atoms with E-state index >= 15 is 0 Å². The number of benzene rings is 1. The molecule has 5 heteroatoms. The third-order valence-corrected chi connectivity index (χ3v) is 4.74. The van der Waals surface area contributed by atoms with Gasteiger partial charge >= 0.3 is 0 Å². The second-order valence-electron chi connectivity index (χ2n) is 6.89. The van der Waals surface area contributed by atoms with E-state index in [1.165, 1.54) is 0 Å². The van der Waals surface area contributed by atoms with Crippen molar-refractivity contribution in [3.63, 3.8) is 0 Å². The number of nitrogens with zero attached hydrogens (tertiary/aromatic N) is 2. The molecule has 2 heterocycles.